The first kappa shape index (κ1) is 17.2. The standard InChI is InChI=1S/C20H20N2O2S/c1-16-10-11-20(13-17(16)2)25(23,24)22(19-8-4-3-5-9-19)15-18-7-6-12-21-14-18/h3-14H,15H2,1-2H3. The monoisotopic (exact) mass is 352 g/mol. The van der Waals surface area contributed by atoms with Crippen molar-refractivity contribution in [1.82, 2.24) is 4.98 Å². The summed E-state index contributed by atoms with van der Waals surface area (Å²) in [6.07, 6.45) is 3.36. The van der Waals surface area contributed by atoms with Crippen molar-refractivity contribution in [2.24, 2.45) is 0 Å². The van der Waals surface area contributed by atoms with E-state index in [4.69, 9.17) is 0 Å². The topological polar surface area (TPSA) is 50.3 Å². The van der Waals surface area contributed by atoms with Gasteiger partial charge in [-0.1, -0.05) is 30.3 Å². The Hall–Kier alpha value is -2.66. The Morgan fingerprint density at radius 3 is 2.32 bits per heavy atom. The molecule has 3 rings (SSSR count). The highest BCUT2D eigenvalue weighted by Gasteiger charge is 2.25. The lowest BCUT2D eigenvalue weighted by Crippen LogP contribution is -2.30. The Balaban J connectivity index is 2.08. The molecule has 5 heteroatoms. The van der Waals surface area contributed by atoms with Gasteiger partial charge in [0.05, 0.1) is 17.1 Å². The third-order valence-corrected chi connectivity index (χ3v) is 5.93. The Morgan fingerprint density at radius 2 is 1.68 bits per heavy atom. The van der Waals surface area contributed by atoms with Crippen LogP contribution in [0.1, 0.15) is 16.7 Å². The number of aryl methyl sites for hydroxylation is 2. The predicted octanol–water partition coefficient (Wildman–Crippen LogP) is 4.09. The minimum atomic E-state index is -3.69. The molecule has 0 aliphatic heterocycles. The molecule has 0 spiro atoms. The van der Waals surface area contributed by atoms with Gasteiger partial charge >= 0.3 is 0 Å². The van der Waals surface area contributed by atoms with Gasteiger partial charge in [-0.3, -0.25) is 9.29 Å². The molecule has 0 N–H and O–H groups in total. The van der Waals surface area contributed by atoms with Crippen molar-refractivity contribution in [2.75, 3.05) is 4.31 Å². The van der Waals surface area contributed by atoms with Crippen LogP contribution in [0, 0.1) is 13.8 Å². The van der Waals surface area contributed by atoms with E-state index in [1.807, 2.05) is 44.2 Å². The number of rotatable bonds is 5. The number of para-hydroxylation sites is 1. The molecule has 0 fully saturated rings. The molecular formula is C20H20N2O2S. The van der Waals surface area contributed by atoms with E-state index >= 15 is 0 Å². The summed E-state index contributed by atoms with van der Waals surface area (Å²) in [5, 5.41) is 0. The van der Waals surface area contributed by atoms with Gasteiger partial charge in [0, 0.05) is 12.4 Å². The molecule has 0 bridgehead atoms. The minimum absolute atomic E-state index is 0.229. The van der Waals surface area contributed by atoms with Crippen LogP contribution >= 0.6 is 0 Å². The number of nitrogens with zero attached hydrogens (tertiary/aromatic N) is 2. The molecule has 0 saturated heterocycles. The molecule has 0 aliphatic rings. The molecule has 3 aromatic rings. The predicted molar refractivity (Wildman–Crippen MR) is 100.0 cm³/mol. The van der Waals surface area contributed by atoms with Gasteiger partial charge in [-0.2, -0.15) is 0 Å². The van der Waals surface area contributed by atoms with Crippen LogP contribution in [0.15, 0.2) is 78.0 Å². The molecule has 4 nitrogen and oxygen atoms in total. The van der Waals surface area contributed by atoms with Crippen LogP contribution < -0.4 is 4.31 Å². The van der Waals surface area contributed by atoms with Crippen LogP contribution in [-0.2, 0) is 16.6 Å². The van der Waals surface area contributed by atoms with E-state index in [0.717, 1.165) is 16.7 Å². The maximum Gasteiger partial charge on any atom is 0.264 e. The van der Waals surface area contributed by atoms with Crippen LogP contribution in [-0.4, -0.2) is 13.4 Å². The number of hydrogen-bond donors (Lipinski definition) is 0. The van der Waals surface area contributed by atoms with E-state index in [0.29, 0.717) is 10.6 Å². The highest BCUT2D eigenvalue weighted by molar-refractivity contribution is 7.92. The summed E-state index contributed by atoms with van der Waals surface area (Å²) in [7, 11) is -3.69. The normalized spacial score (nSPS) is 11.3. The number of aromatic nitrogens is 1. The van der Waals surface area contributed by atoms with Crippen molar-refractivity contribution < 1.29 is 8.42 Å². The average Bonchev–Trinajstić information content (AvgIpc) is 2.63. The van der Waals surface area contributed by atoms with Crippen molar-refractivity contribution in [3.63, 3.8) is 0 Å². The average molecular weight is 352 g/mol. The molecule has 25 heavy (non-hydrogen) atoms. The van der Waals surface area contributed by atoms with E-state index < -0.39 is 10.0 Å². The fraction of sp³-hybridized carbons (Fsp3) is 0.150. The van der Waals surface area contributed by atoms with Crippen LogP contribution in [0.4, 0.5) is 5.69 Å². The molecule has 0 saturated carbocycles. The smallest absolute Gasteiger partial charge is 0.264 e. The Morgan fingerprint density at radius 1 is 0.920 bits per heavy atom. The van der Waals surface area contributed by atoms with Crippen LogP contribution in [0.2, 0.25) is 0 Å². The summed E-state index contributed by atoms with van der Waals surface area (Å²) in [5.74, 6) is 0. The number of benzene rings is 2. The second-order valence-electron chi connectivity index (χ2n) is 5.95. The van der Waals surface area contributed by atoms with Crippen LogP contribution in [0.5, 0.6) is 0 Å². The van der Waals surface area contributed by atoms with Gasteiger partial charge in [-0.05, 0) is 60.9 Å². The quantitative estimate of drug-likeness (QED) is 0.695. The molecule has 0 radical (unpaired) electrons. The summed E-state index contributed by atoms with van der Waals surface area (Å²) in [5.41, 5.74) is 3.48. The molecule has 0 amide bonds. The van der Waals surface area contributed by atoms with Gasteiger partial charge < -0.3 is 0 Å². The van der Waals surface area contributed by atoms with Crippen molar-refractivity contribution in [3.8, 4) is 0 Å². The summed E-state index contributed by atoms with van der Waals surface area (Å²) in [6.45, 7) is 4.12. The number of sulfonamides is 1. The zero-order chi connectivity index (χ0) is 17.9. The third-order valence-electron chi connectivity index (χ3n) is 4.16. The van der Waals surface area contributed by atoms with Gasteiger partial charge in [-0.15, -0.1) is 0 Å². The number of pyridine rings is 1. The number of anilines is 1. The molecular weight excluding hydrogens is 332 g/mol. The summed E-state index contributed by atoms with van der Waals surface area (Å²) >= 11 is 0. The first-order chi connectivity index (χ1) is 12.0. The SMILES string of the molecule is Cc1ccc(S(=O)(=O)N(Cc2cccnc2)c2ccccc2)cc1C. The van der Waals surface area contributed by atoms with E-state index in [-0.39, 0.29) is 6.54 Å². The van der Waals surface area contributed by atoms with Crippen LogP contribution in [0.3, 0.4) is 0 Å². The first-order valence-corrected chi connectivity index (χ1v) is 9.46. The molecule has 0 aliphatic carbocycles. The van der Waals surface area contributed by atoms with Crippen molar-refractivity contribution in [3.05, 3.63) is 89.7 Å². The molecule has 2 aromatic carbocycles. The van der Waals surface area contributed by atoms with Gasteiger partial charge in [0.25, 0.3) is 10.0 Å². The molecule has 1 aromatic heterocycles. The molecule has 0 unspecified atom stereocenters. The van der Waals surface area contributed by atoms with E-state index in [1.165, 1.54) is 4.31 Å². The maximum atomic E-state index is 13.3. The third kappa shape index (κ3) is 3.72. The van der Waals surface area contributed by atoms with Gasteiger partial charge in [-0.25, -0.2) is 8.42 Å². The Bertz CT molecular complexity index is 956. The van der Waals surface area contributed by atoms with Gasteiger partial charge in [0.1, 0.15) is 0 Å². The second-order valence-corrected chi connectivity index (χ2v) is 7.82. The lowest BCUT2D eigenvalue weighted by atomic mass is 10.1. The van der Waals surface area contributed by atoms with Crippen molar-refractivity contribution in [1.29, 1.82) is 0 Å². The van der Waals surface area contributed by atoms with Gasteiger partial charge in [0.15, 0.2) is 0 Å². The summed E-state index contributed by atoms with van der Waals surface area (Å²) in [6, 6.07) is 18.1. The lowest BCUT2D eigenvalue weighted by molar-refractivity contribution is 0.590. The van der Waals surface area contributed by atoms with Crippen molar-refractivity contribution >= 4 is 15.7 Å². The highest BCUT2D eigenvalue weighted by atomic mass is 32.2. The Kier molecular flexibility index (Phi) is 4.86. The summed E-state index contributed by atoms with van der Waals surface area (Å²) < 4.78 is 28.0. The molecule has 0 atom stereocenters. The lowest BCUT2D eigenvalue weighted by Gasteiger charge is -2.25. The second kappa shape index (κ2) is 7.07. The van der Waals surface area contributed by atoms with E-state index in [1.54, 1.807) is 42.7 Å². The minimum Gasteiger partial charge on any atom is -0.264 e. The zero-order valence-electron chi connectivity index (χ0n) is 14.3. The fourth-order valence-electron chi connectivity index (χ4n) is 2.57. The van der Waals surface area contributed by atoms with E-state index in [2.05, 4.69) is 4.98 Å². The zero-order valence-corrected chi connectivity index (χ0v) is 15.1. The fourth-order valence-corrected chi connectivity index (χ4v) is 4.11. The molecule has 1 heterocycles. The summed E-state index contributed by atoms with van der Waals surface area (Å²) in [4.78, 5) is 4.39. The van der Waals surface area contributed by atoms with Crippen LogP contribution in [0.25, 0.3) is 0 Å². The number of hydrogen-bond acceptors (Lipinski definition) is 3. The molecule has 128 valence electrons. The maximum absolute atomic E-state index is 13.3. The van der Waals surface area contributed by atoms with E-state index in [9.17, 15) is 8.42 Å². The Labute approximate surface area is 148 Å². The van der Waals surface area contributed by atoms with Gasteiger partial charge in [0.2, 0.25) is 0 Å². The van der Waals surface area contributed by atoms with Crippen molar-refractivity contribution in [2.45, 2.75) is 25.3 Å². The largest absolute Gasteiger partial charge is 0.264 e. The first-order valence-electron chi connectivity index (χ1n) is 8.02. The highest BCUT2D eigenvalue weighted by Crippen LogP contribution is 2.26.